The van der Waals surface area contributed by atoms with Gasteiger partial charge in [0, 0.05) is 24.4 Å². The number of rotatable bonds is 2. The molecule has 0 amide bonds. The van der Waals surface area contributed by atoms with Gasteiger partial charge < -0.3 is 30.6 Å². The maximum Gasteiger partial charge on any atom is 0.336 e. The molecule has 0 aliphatic heterocycles. The first-order chi connectivity index (χ1) is 12.6. The Kier molecular flexibility index (Phi) is 25.5. The van der Waals surface area contributed by atoms with E-state index < -0.39 is 11.9 Å². The molecule has 0 unspecified atom stereocenters. The van der Waals surface area contributed by atoms with Crippen molar-refractivity contribution in [3.8, 4) is 0 Å². The van der Waals surface area contributed by atoms with E-state index in [1.54, 1.807) is 55.4 Å². The van der Waals surface area contributed by atoms with Crippen LogP contribution < -0.4 is 0 Å². The standard InChI is InChI=1S/C8H6O4.4C3H8O/c9-7(10)5-3-1-2-4-6(5)8(11)12;4*1-3(2)4/h1-4H,(H,9,10)(H,11,12);4*3-4H,1-2H3. The van der Waals surface area contributed by atoms with E-state index in [1.165, 1.54) is 24.3 Å². The molecule has 1 aromatic carbocycles. The Morgan fingerprint density at radius 3 is 0.821 bits per heavy atom. The molecule has 1 aromatic rings. The topological polar surface area (TPSA) is 156 Å². The van der Waals surface area contributed by atoms with Gasteiger partial charge in [0.05, 0.1) is 11.1 Å². The Labute approximate surface area is 168 Å². The number of aromatic carboxylic acids is 2. The molecule has 0 saturated heterocycles. The molecular weight excluding hydrogens is 368 g/mol. The largest absolute Gasteiger partial charge is 0.478 e. The molecule has 8 nitrogen and oxygen atoms in total. The minimum absolute atomic E-state index is 0.167. The number of carbonyl (C=O) groups is 2. The van der Waals surface area contributed by atoms with Crippen LogP contribution in [0.1, 0.15) is 76.1 Å². The quantitative estimate of drug-likeness (QED) is 0.438. The second-order valence-corrected chi connectivity index (χ2v) is 6.53. The molecule has 0 aromatic heterocycles. The summed E-state index contributed by atoms with van der Waals surface area (Å²) in [6.07, 6.45) is -0.667. The monoisotopic (exact) mass is 406 g/mol. The van der Waals surface area contributed by atoms with Crippen molar-refractivity contribution in [2.24, 2.45) is 0 Å². The third-order valence-corrected chi connectivity index (χ3v) is 1.39. The van der Waals surface area contributed by atoms with Crippen LogP contribution in [0, 0.1) is 0 Å². The Morgan fingerprint density at radius 1 is 0.571 bits per heavy atom. The van der Waals surface area contributed by atoms with Crippen molar-refractivity contribution in [1.29, 1.82) is 0 Å². The predicted molar refractivity (Wildman–Crippen MR) is 110 cm³/mol. The second-order valence-electron chi connectivity index (χ2n) is 6.53. The summed E-state index contributed by atoms with van der Waals surface area (Å²) in [6.45, 7) is 13.8. The van der Waals surface area contributed by atoms with Crippen molar-refractivity contribution in [1.82, 2.24) is 0 Å². The van der Waals surface area contributed by atoms with Gasteiger partial charge in [-0.2, -0.15) is 0 Å². The van der Waals surface area contributed by atoms with E-state index in [9.17, 15) is 9.59 Å². The van der Waals surface area contributed by atoms with Gasteiger partial charge in [-0.1, -0.05) is 12.1 Å². The first kappa shape index (κ1) is 33.6. The molecule has 28 heavy (non-hydrogen) atoms. The molecular formula is C20H38O8. The van der Waals surface area contributed by atoms with E-state index in [-0.39, 0.29) is 35.5 Å². The maximum atomic E-state index is 10.5. The lowest BCUT2D eigenvalue weighted by atomic mass is 10.1. The average molecular weight is 407 g/mol. The summed E-state index contributed by atoms with van der Waals surface area (Å²) in [5, 5.41) is 49.3. The van der Waals surface area contributed by atoms with Crippen LogP contribution in [-0.2, 0) is 0 Å². The fourth-order valence-corrected chi connectivity index (χ4v) is 0.856. The molecule has 0 aliphatic carbocycles. The van der Waals surface area contributed by atoms with Crippen LogP contribution in [0.15, 0.2) is 24.3 Å². The third-order valence-electron chi connectivity index (χ3n) is 1.39. The molecule has 166 valence electrons. The zero-order valence-electron chi connectivity index (χ0n) is 18.1. The zero-order valence-corrected chi connectivity index (χ0v) is 18.1. The summed E-state index contributed by atoms with van der Waals surface area (Å²) >= 11 is 0. The molecule has 0 atom stereocenters. The smallest absolute Gasteiger partial charge is 0.336 e. The van der Waals surface area contributed by atoms with Crippen LogP contribution in [-0.4, -0.2) is 67.0 Å². The van der Waals surface area contributed by atoms with Gasteiger partial charge in [0.2, 0.25) is 0 Å². The number of carboxylic acid groups (broad SMARTS) is 2. The van der Waals surface area contributed by atoms with Crippen LogP contribution >= 0.6 is 0 Å². The fraction of sp³-hybridized carbons (Fsp3) is 0.600. The molecule has 6 N–H and O–H groups in total. The van der Waals surface area contributed by atoms with E-state index in [0.717, 1.165) is 0 Å². The van der Waals surface area contributed by atoms with E-state index in [1.807, 2.05) is 0 Å². The lowest BCUT2D eigenvalue weighted by Gasteiger charge is -1.98. The minimum Gasteiger partial charge on any atom is -0.478 e. The van der Waals surface area contributed by atoms with Crippen LogP contribution in [0.2, 0.25) is 0 Å². The van der Waals surface area contributed by atoms with E-state index >= 15 is 0 Å². The van der Waals surface area contributed by atoms with Gasteiger partial charge in [-0.05, 0) is 67.5 Å². The molecule has 0 saturated carbocycles. The number of aliphatic hydroxyl groups excluding tert-OH is 4. The van der Waals surface area contributed by atoms with Crippen molar-refractivity contribution < 1.29 is 40.2 Å². The van der Waals surface area contributed by atoms with Crippen LogP contribution in [0.4, 0.5) is 0 Å². The Hall–Kier alpha value is -2.00. The fourth-order valence-electron chi connectivity index (χ4n) is 0.856. The predicted octanol–water partition coefficient (Wildman–Crippen LogP) is 2.63. The van der Waals surface area contributed by atoms with Crippen molar-refractivity contribution in [2.75, 3.05) is 0 Å². The molecule has 0 fully saturated rings. The lowest BCUT2D eigenvalue weighted by molar-refractivity contribution is 0.0651. The summed E-state index contributed by atoms with van der Waals surface area (Å²) in [5.74, 6) is -2.46. The highest BCUT2D eigenvalue weighted by molar-refractivity contribution is 6.01. The van der Waals surface area contributed by atoms with Crippen molar-refractivity contribution in [2.45, 2.75) is 79.8 Å². The number of benzene rings is 1. The highest BCUT2D eigenvalue weighted by atomic mass is 16.4. The second kappa shape index (κ2) is 21.3. The Bertz CT molecular complexity index is 429. The minimum atomic E-state index is -1.23. The first-order valence-corrected chi connectivity index (χ1v) is 8.83. The third kappa shape index (κ3) is 43.9. The van der Waals surface area contributed by atoms with Crippen LogP contribution in [0.5, 0.6) is 0 Å². The van der Waals surface area contributed by atoms with Crippen LogP contribution in [0.25, 0.3) is 0 Å². The summed E-state index contributed by atoms with van der Waals surface area (Å²) in [6, 6.07) is 5.48. The molecule has 8 heteroatoms. The molecule has 1 rings (SSSR count). The van der Waals surface area contributed by atoms with E-state index in [4.69, 9.17) is 30.6 Å². The van der Waals surface area contributed by atoms with E-state index in [0.29, 0.717) is 0 Å². The summed E-state index contributed by atoms with van der Waals surface area (Å²) in [7, 11) is 0. The van der Waals surface area contributed by atoms with Gasteiger partial charge in [0.1, 0.15) is 0 Å². The van der Waals surface area contributed by atoms with Crippen molar-refractivity contribution in [3.05, 3.63) is 35.4 Å². The normalized spacial score (nSPS) is 9.14. The SMILES string of the molecule is CC(C)O.CC(C)O.CC(C)O.CC(C)O.O=C(O)c1ccccc1C(=O)O. The molecule has 0 aliphatic rings. The Balaban J connectivity index is -0.000000150. The molecule has 0 radical (unpaired) electrons. The van der Waals surface area contributed by atoms with Crippen molar-refractivity contribution >= 4 is 11.9 Å². The molecule has 0 bridgehead atoms. The first-order valence-electron chi connectivity index (χ1n) is 8.83. The van der Waals surface area contributed by atoms with Crippen molar-refractivity contribution in [3.63, 3.8) is 0 Å². The van der Waals surface area contributed by atoms with Gasteiger partial charge in [0.25, 0.3) is 0 Å². The number of aliphatic hydroxyl groups is 4. The van der Waals surface area contributed by atoms with Gasteiger partial charge in [-0.25, -0.2) is 9.59 Å². The summed E-state index contributed by atoms with van der Waals surface area (Å²) < 4.78 is 0. The Morgan fingerprint density at radius 2 is 0.714 bits per heavy atom. The average Bonchev–Trinajstić information content (AvgIpc) is 2.44. The van der Waals surface area contributed by atoms with Gasteiger partial charge in [0.15, 0.2) is 0 Å². The molecule has 0 heterocycles. The maximum absolute atomic E-state index is 10.5. The highest BCUT2D eigenvalue weighted by Gasteiger charge is 2.13. The number of hydrogen-bond donors (Lipinski definition) is 6. The van der Waals surface area contributed by atoms with E-state index in [2.05, 4.69) is 0 Å². The van der Waals surface area contributed by atoms with Gasteiger partial charge >= 0.3 is 11.9 Å². The molecule has 0 spiro atoms. The van der Waals surface area contributed by atoms with Gasteiger partial charge in [-0.15, -0.1) is 0 Å². The summed E-state index contributed by atoms with van der Waals surface area (Å²) in [4.78, 5) is 20.9. The highest BCUT2D eigenvalue weighted by Crippen LogP contribution is 2.07. The van der Waals surface area contributed by atoms with Gasteiger partial charge in [-0.3, -0.25) is 0 Å². The summed E-state index contributed by atoms with van der Waals surface area (Å²) in [5.41, 5.74) is -0.380. The zero-order chi connectivity index (χ0) is 23.4. The number of hydrogen-bond acceptors (Lipinski definition) is 6. The number of carboxylic acids is 2. The lowest BCUT2D eigenvalue weighted by Crippen LogP contribution is -2.06. The van der Waals surface area contributed by atoms with Crippen LogP contribution in [0.3, 0.4) is 0 Å².